The van der Waals surface area contributed by atoms with Crippen molar-refractivity contribution < 1.29 is 23.4 Å². The molecule has 3 aromatic rings. The summed E-state index contributed by atoms with van der Waals surface area (Å²) in [6, 6.07) is 7.92. The molecular weight excluding hydrogens is 451 g/mol. The van der Waals surface area contributed by atoms with Gasteiger partial charge in [0.25, 0.3) is 0 Å². The number of carbonyl (C=O) groups is 1. The molecule has 1 saturated heterocycles. The van der Waals surface area contributed by atoms with Crippen molar-refractivity contribution in [1.29, 1.82) is 0 Å². The second-order valence-corrected chi connectivity index (χ2v) is 8.67. The van der Waals surface area contributed by atoms with Gasteiger partial charge in [-0.1, -0.05) is 11.6 Å². The van der Waals surface area contributed by atoms with Crippen LogP contribution >= 0.6 is 11.6 Å². The highest BCUT2D eigenvalue weighted by Gasteiger charge is 2.32. The normalized spacial score (nSPS) is 15.8. The second kappa shape index (κ2) is 9.36. The number of esters is 1. The predicted molar refractivity (Wildman–Crippen MR) is 123 cm³/mol. The topological polar surface area (TPSA) is 85.8 Å². The van der Waals surface area contributed by atoms with E-state index >= 15 is 0 Å². The van der Waals surface area contributed by atoms with Gasteiger partial charge in [0.1, 0.15) is 35.7 Å². The number of rotatable bonds is 7. The molecule has 174 valence electrons. The van der Waals surface area contributed by atoms with Crippen LogP contribution in [0.25, 0.3) is 10.9 Å². The summed E-state index contributed by atoms with van der Waals surface area (Å²) in [6.07, 6.45) is 1.41. The Kier molecular flexibility index (Phi) is 6.53. The van der Waals surface area contributed by atoms with E-state index in [0.717, 1.165) is 0 Å². The molecule has 0 radical (unpaired) electrons. The van der Waals surface area contributed by atoms with Gasteiger partial charge >= 0.3 is 5.97 Å². The average molecular weight is 475 g/mol. The van der Waals surface area contributed by atoms with Crippen molar-refractivity contribution in [3.8, 4) is 11.5 Å². The van der Waals surface area contributed by atoms with E-state index in [2.05, 4.69) is 15.3 Å². The van der Waals surface area contributed by atoms with E-state index in [1.54, 1.807) is 19.2 Å². The minimum absolute atomic E-state index is 0.00817. The van der Waals surface area contributed by atoms with Gasteiger partial charge in [-0.2, -0.15) is 0 Å². The maximum absolute atomic E-state index is 13.5. The molecule has 8 nitrogen and oxygen atoms in total. The van der Waals surface area contributed by atoms with Crippen LogP contribution in [0.4, 0.5) is 15.9 Å². The lowest BCUT2D eigenvalue weighted by atomic mass is 10.1. The third-order valence-electron chi connectivity index (χ3n) is 5.13. The van der Waals surface area contributed by atoms with Crippen molar-refractivity contribution in [3.05, 3.63) is 47.5 Å². The van der Waals surface area contributed by atoms with Gasteiger partial charge in [-0.3, -0.25) is 9.69 Å². The Hall–Kier alpha value is -3.17. The molecule has 1 fully saturated rings. The maximum atomic E-state index is 13.5. The van der Waals surface area contributed by atoms with E-state index in [4.69, 9.17) is 25.8 Å². The van der Waals surface area contributed by atoms with Crippen LogP contribution in [0.5, 0.6) is 11.5 Å². The number of hydrogen-bond acceptors (Lipinski definition) is 8. The summed E-state index contributed by atoms with van der Waals surface area (Å²) in [5.41, 5.74) is 0.599. The molecule has 0 unspecified atom stereocenters. The zero-order chi connectivity index (χ0) is 23.6. The number of nitrogens with zero attached hydrogens (tertiary/aromatic N) is 3. The number of anilines is 2. The fraction of sp³-hybridized carbons (Fsp3) is 0.348. The van der Waals surface area contributed by atoms with Gasteiger partial charge in [0.05, 0.1) is 18.7 Å². The first-order valence-corrected chi connectivity index (χ1v) is 10.7. The monoisotopic (exact) mass is 474 g/mol. The fourth-order valence-corrected chi connectivity index (χ4v) is 3.96. The maximum Gasteiger partial charge on any atom is 0.320 e. The summed E-state index contributed by atoms with van der Waals surface area (Å²) in [7, 11) is 1.55. The third kappa shape index (κ3) is 5.26. The largest absolute Gasteiger partial charge is 0.493 e. The van der Waals surface area contributed by atoms with Gasteiger partial charge in [0.2, 0.25) is 0 Å². The molecule has 1 aromatic heterocycles. The number of methoxy groups -OCH3 is 1. The van der Waals surface area contributed by atoms with Crippen LogP contribution in [-0.4, -0.2) is 59.8 Å². The van der Waals surface area contributed by atoms with E-state index in [9.17, 15) is 9.18 Å². The SMILES string of the molecule is COc1ccc2c(Nc3ccc(F)c(Cl)c3)ncnc2c1OCCN1CC(=O)OC(C)(C)C1. The van der Waals surface area contributed by atoms with E-state index in [0.29, 0.717) is 53.6 Å². The van der Waals surface area contributed by atoms with Gasteiger partial charge in [-0.15, -0.1) is 0 Å². The molecule has 0 spiro atoms. The van der Waals surface area contributed by atoms with E-state index in [1.807, 2.05) is 24.8 Å². The first-order chi connectivity index (χ1) is 15.8. The number of nitrogens with one attached hydrogen (secondary N) is 1. The molecule has 2 aromatic carbocycles. The minimum Gasteiger partial charge on any atom is -0.493 e. The van der Waals surface area contributed by atoms with Crippen molar-refractivity contribution >= 4 is 40.0 Å². The first-order valence-electron chi connectivity index (χ1n) is 10.4. The first kappa shape index (κ1) is 23.0. The number of fused-ring (bicyclic) bond motifs is 1. The molecule has 0 bridgehead atoms. The summed E-state index contributed by atoms with van der Waals surface area (Å²) < 4.78 is 30.4. The zero-order valence-electron chi connectivity index (χ0n) is 18.5. The smallest absolute Gasteiger partial charge is 0.320 e. The van der Waals surface area contributed by atoms with Crippen LogP contribution in [-0.2, 0) is 9.53 Å². The molecular formula is C23H24ClFN4O4. The Balaban J connectivity index is 1.56. The molecule has 2 heterocycles. The van der Waals surface area contributed by atoms with Crippen molar-refractivity contribution in [2.75, 3.05) is 38.7 Å². The Morgan fingerprint density at radius 3 is 2.82 bits per heavy atom. The Morgan fingerprint density at radius 2 is 2.09 bits per heavy atom. The summed E-state index contributed by atoms with van der Waals surface area (Å²) in [5, 5.41) is 3.84. The van der Waals surface area contributed by atoms with Gasteiger partial charge in [-0.05, 0) is 44.2 Å². The Bertz CT molecular complexity index is 1190. The summed E-state index contributed by atoms with van der Waals surface area (Å²) in [4.78, 5) is 22.5. The molecule has 0 aliphatic carbocycles. The fourth-order valence-electron chi connectivity index (χ4n) is 3.78. The lowest BCUT2D eigenvalue weighted by Crippen LogP contribution is -2.51. The van der Waals surface area contributed by atoms with Crippen LogP contribution in [0, 0.1) is 5.82 Å². The number of ether oxygens (including phenoxy) is 3. The number of morpholine rings is 1. The van der Waals surface area contributed by atoms with Crippen LogP contribution in [0.15, 0.2) is 36.7 Å². The molecule has 4 rings (SSSR count). The number of cyclic esters (lactones) is 1. The lowest BCUT2D eigenvalue weighted by Gasteiger charge is -2.37. The van der Waals surface area contributed by atoms with Crippen molar-refractivity contribution in [1.82, 2.24) is 14.9 Å². The van der Waals surface area contributed by atoms with E-state index in [-0.39, 0.29) is 17.5 Å². The van der Waals surface area contributed by atoms with Crippen LogP contribution in [0.1, 0.15) is 13.8 Å². The van der Waals surface area contributed by atoms with E-state index < -0.39 is 11.4 Å². The molecule has 0 atom stereocenters. The molecule has 1 aliphatic heterocycles. The second-order valence-electron chi connectivity index (χ2n) is 8.26. The average Bonchev–Trinajstić information content (AvgIpc) is 2.75. The Morgan fingerprint density at radius 1 is 1.27 bits per heavy atom. The van der Waals surface area contributed by atoms with Crippen LogP contribution < -0.4 is 14.8 Å². The standard InChI is InChI=1S/C23H24ClFN4O4/c1-23(2)12-29(11-19(30)33-23)8-9-32-21-18(31-3)7-5-15-20(21)26-13-27-22(15)28-14-4-6-17(25)16(24)10-14/h4-7,10,13H,8-9,11-12H2,1-3H3,(H,26,27,28). The van der Waals surface area contributed by atoms with Gasteiger partial charge < -0.3 is 19.5 Å². The number of carbonyl (C=O) groups excluding carboxylic acids is 1. The number of aromatic nitrogens is 2. The van der Waals surface area contributed by atoms with Crippen molar-refractivity contribution in [2.45, 2.75) is 19.4 Å². The number of halogens is 2. The predicted octanol–water partition coefficient (Wildman–Crippen LogP) is 4.19. The van der Waals surface area contributed by atoms with Crippen LogP contribution in [0.3, 0.4) is 0 Å². The van der Waals surface area contributed by atoms with Crippen molar-refractivity contribution in [2.24, 2.45) is 0 Å². The highest BCUT2D eigenvalue weighted by molar-refractivity contribution is 6.31. The molecule has 0 saturated carbocycles. The van der Waals surface area contributed by atoms with Gasteiger partial charge in [-0.25, -0.2) is 14.4 Å². The van der Waals surface area contributed by atoms with Gasteiger partial charge in [0.15, 0.2) is 11.5 Å². The third-order valence-corrected chi connectivity index (χ3v) is 5.42. The highest BCUT2D eigenvalue weighted by atomic mass is 35.5. The minimum atomic E-state index is -0.538. The van der Waals surface area contributed by atoms with Crippen molar-refractivity contribution in [3.63, 3.8) is 0 Å². The molecule has 33 heavy (non-hydrogen) atoms. The highest BCUT2D eigenvalue weighted by Crippen LogP contribution is 2.37. The molecule has 1 aliphatic rings. The quantitative estimate of drug-likeness (QED) is 0.510. The zero-order valence-corrected chi connectivity index (χ0v) is 19.3. The number of benzene rings is 2. The summed E-state index contributed by atoms with van der Waals surface area (Å²) in [5.74, 6) is 0.751. The molecule has 0 amide bonds. The lowest BCUT2D eigenvalue weighted by molar-refractivity contribution is -0.169. The summed E-state index contributed by atoms with van der Waals surface area (Å²) in [6.45, 7) is 5.44. The van der Waals surface area contributed by atoms with Gasteiger partial charge in [0, 0.05) is 24.2 Å². The van der Waals surface area contributed by atoms with E-state index in [1.165, 1.54) is 18.5 Å². The molecule has 1 N–H and O–H groups in total. The summed E-state index contributed by atoms with van der Waals surface area (Å²) >= 11 is 5.89. The Labute approximate surface area is 195 Å². The number of hydrogen-bond donors (Lipinski definition) is 1. The van der Waals surface area contributed by atoms with Crippen LogP contribution in [0.2, 0.25) is 5.02 Å². The molecule has 10 heteroatoms.